The highest BCUT2D eigenvalue weighted by molar-refractivity contribution is 5.99. The molecule has 1 saturated heterocycles. The molecule has 0 saturated carbocycles. The van der Waals surface area contributed by atoms with Crippen LogP contribution in [0, 0.1) is 6.92 Å². The molecule has 264 valence electrons. The van der Waals surface area contributed by atoms with Crippen molar-refractivity contribution >= 4 is 51.6 Å². The molecule has 0 radical (unpaired) electrons. The second-order valence-electron chi connectivity index (χ2n) is 12.0. The van der Waals surface area contributed by atoms with Crippen molar-refractivity contribution in [3.05, 3.63) is 59.3 Å². The van der Waals surface area contributed by atoms with Crippen molar-refractivity contribution in [1.29, 1.82) is 0 Å². The maximum atomic E-state index is 12.4. The number of fused-ring (bicyclic) bond motifs is 2. The van der Waals surface area contributed by atoms with Crippen LogP contribution in [0.1, 0.15) is 39.8 Å². The van der Waals surface area contributed by atoms with Crippen LogP contribution in [0.25, 0.3) is 22.1 Å². The number of morpholine rings is 1. The van der Waals surface area contributed by atoms with E-state index in [0.717, 1.165) is 50.8 Å². The van der Waals surface area contributed by atoms with Crippen LogP contribution in [0.5, 0.6) is 11.5 Å². The number of nitrogens with two attached hydrogens (primary N) is 3. The van der Waals surface area contributed by atoms with E-state index in [1.807, 2.05) is 41.3 Å². The SMILES string of the molecule is CCn1nc(C)cc1Nc1nc2cc(C(N)=O)cc(OCCCN3CCOCC3)c2n1C/C=C/Cn1c(N)nc2cc(C(N)=O)cc(OC)c21. The third-order valence-corrected chi connectivity index (χ3v) is 8.60. The normalized spacial score (nSPS) is 13.8. The van der Waals surface area contributed by atoms with Crippen LogP contribution in [0.2, 0.25) is 0 Å². The third-order valence-electron chi connectivity index (χ3n) is 8.60. The van der Waals surface area contributed by atoms with Crippen molar-refractivity contribution in [1.82, 2.24) is 33.8 Å². The molecule has 0 aliphatic carbocycles. The van der Waals surface area contributed by atoms with Crippen LogP contribution in [-0.4, -0.2) is 92.2 Å². The molecular weight excluding hydrogens is 642 g/mol. The lowest BCUT2D eigenvalue weighted by Gasteiger charge is -2.26. The fourth-order valence-electron chi connectivity index (χ4n) is 6.14. The minimum atomic E-state index is -0.587. The van der Waals surface area contributed by atoms with Gasteiger partial charge in [-0.2, -0.15) is 5.10 Å². The van der Waals surface area contributed by atoms with E-state index in [1.165, 1.54) is 7.11 Å². The number of anilines is 3. The maximum absolute atomic E-state index is 12.4. The molecule has 16 heteroatoms. The number of nitrogens with zero attached hydrogens (tertiary/aromatic N) is 7. The summed E-state index contributed by atoms with van der Waals surface area (Å²) >= 11 is 0. The molecule has 1 aliphatic heterocycles. The van der Waals surface area contributed by atoms with Gasteiger partial charge in [0.05, 0.1) is 43.7 Å². The number of allylic oxidation sites excluding steroid dienone is 2. The first kappa shape index (κ1) is 34.3. The largest absolute Gasteiger partial charge is 0.494 e. The van der Waals surface area contributed by atoms with Crippen LogP contribution in [-0.2, 0) is 24.4 Å². The van der Waals surface area contributed by atoms with Gasteiger partial charge >= 0.3 is 0 Å². The number of nitrogens with one attached hydrogen (secondary N) is 1. The molecule has 1 fully saturated rings. The number of ether oxygens (including phenoxy) is 3. The molecule has 0 unspecified atom stereocenters. The fourth-order valence-corrected chi connectivity index (χ4v) is 6.14. The number of benzene rings is 2. The molecular formula is C34H43N11O5. The molecule has 2 amide bonds. The quantitative estimate of drug-likeness (QED) is 0.0930. The number of nitrogen functional groups attached to an aromatic ring is 1. The molecule has 6 rings (SSSR count). The summed E-state index contributed by atoms with van der Waals surface area (Å²) in [6.07, 6.45) is 4.73. The highest BCUT2D eigenvalue weighted by atomic mass is 16.5. The number of imidazole rings is 2. The minimum absolute atomic E-state index is 0.259. The maximum Gasteiger partial charge on any atom is 0.248 e. The Bertz CT molecular complexity index is 2060. The fraction of sp³-hybridized carbons (Fsp3) is 0.382. The van der Waals surface area contributed by atoms with Crippen molar-refractivity contribution in [3.63, 3.8) is 0 Å². The van der Waals surface area contributed by atoms with Gasteiger partial charge in [0.25, 0.3) is 0 Å². The van der Waals surface area contributed by atoms with E-state index in [2.05, 4.69) is 20.3 Å². The summed E-state index contributed by atoms with van der Waals surface area (Å²) in [6, 6.07) is 8.48. The first-order chi connectivity index (χ1) is 24.2. The van der Waals surface area contributed by atoms with Gasteiger partial charge in [0.2, 0.25) is 23.7 Å². The molecule has 0 bridgehead atoms. The smallest absolute Gasteiger partial charge is 0.248 e. The Hall–Kier alpha value is -5.61. The standard InChI is InChI=1S/C34H43N11O5/c1-4-45-28(16-21(2)41-45)40-34-39-25-18-23(32(36)47)20-27(50-13-7-8-42-11-14-49-15-12-42)30(25)44(34)10-6-5-9-43-29-24(38-33(43)37)17-22(31(35)46)19-26(29)48-3/h5-6,16-20H,4,7-15H2,1-3H3,(H2,35,46)(H2,36,47)(H2,37,38)(H,39,40)/b6-5+. The van der Waals surface area contributed by atoms with E-state index < -0.39 is 11.8 Å². The zero-order valence-corrected chi connectivity index (χ0v) is 28.5. The van der Waals surface area contributed by atoms with Gasteiger partial charge < -0.3 is 45.9 Å². The molecule has 0 atom stereocenters. The van der Waals surface area contributed by atoms with Crippen LogP contribution < -0.4 is 32.0 Å². The van der Waals surface area contributed by atoms with Crippen molar-refractivity contribution < 1.29 is 23.8 Å². The summed E-state index contributed by atoms with van der Waals surface area (Å²) in [5, 5.41) is 8.01. The number of hydrogen-bond acceptors (Lipinski definition) is 11. The Labute approximate surface area is 288 Å². The first-order valence-corrected chi connectivity index (χ1v) is 16.5. The number of aryl methyl sites for hydroxylation is 2. The molecule has 1 aliphatic rings. The summed E-state index contributed by atoms with van der Waals surface area (Å²) < 4.78 is 23.0. The first-order valence-electron chi connectivity index (χ1n) is 16.5. The number of amides is 2. The number of aromatic nitrogens is 6. The molecule has 4 heterocycles. The Morgan fingerprint density at radius 3 is 2.24 bits per heavy atom. The van der Waals surface area contributed by atoms with Crippen molar-refractivity contribution in [3.8, 4) is 11.5 Å². The second-order valence-corrected chi connectivity index (χ2v) is 12.0. The van der Waals surface area contributed by atoms with E-state index in [9.17, 15) is 9.59 Å². The summed E-state index contributed by atoms with van der Waals surface area (Å²) in [7, 11) is 1.51. The van der Waals surface area contributed by atoms with Gasteiger partial charge in [-0.3, -0.25) is 14.5 Å². The van der Waals surface area contributed by atoms with Gasteiger partial charge in [-0.1, -0.05) is 12.2 Å². The van der Waals surface area contributed by atoms with Crippen LogP contribution in [0.3, 0.4) is 0 Å². The molecule has 3 aromatic heterocycles. The molecule has 2 aromatic carbocycles. The third kappa shape index (κ3) is 7.21. The molecule has 50 heavy (non-hydrogen) atoms. The molecule has 16 nitrogen and oxygen atoms in total. The molecule has 5 aromatic rings. The number of rotatable bonds is 15. The van der Waals surface area contributed by atoms with Crippen LogP contribution in [0.15, 0.2) is 42.5 Å². The lowest BCUT2D eigenvalue weighted by atomic mass is 10.1. The zero-order chi connectivity index (χ0) is 35.4. The van der Waals surface area contributed by atoms with Crippen molar-refractivity contribution in [2.24, 2.45) is 11.5 Å². The Balaban J connectivity index is 1.33. The van der Waals surface area contributed by atoms with Crippen LogP contribution >= 0.6 is 0 Å². The van der Waals surface area contributed by atoms with E-state index in [4.69, 9.17) is 36.4 Å². The topological polar surface area (TPSA) is 209 Å². The van der Waals surface area contributed by atoms with Gasteiger partial charge in [-0.05, 0) is 44.5 Å². The summed E-state index contributed by atoms with van der Waals surface area (Å²) in [5.41, 5.74) is 21.4. The molecule has 7 N–H and O–H groups in total. The highest BCUT2D eigenvalue weighted by Gasteiger charge is 2.20. The van der Waals surface area contributed by atoms with Gasteiger partial charge in [0, 0.05) is 56.5 Å². The average Bonchev–Trinajstić information content (AvgIpc) is 3.75. The summed E-state index contributed by atoms with van der Waals surface area (Å²) in [5.74, 6) is 1.35. The van der Waals surface area contributed by atoms with Gasteiger partial charge in [-0.25, -0.2) is 14.6 Å². The predicted molar refractivity (Wildman–Crippen MR) is 190 cm³/mol. The number of methoxy groups -OCH3 is 1. The Morgan fingerprint density at radius 1 is 0.940 bits per heavy atom. The highest BCUT2D eigenvalue weighted by Crippen LogP contribution is 2.33. The predicted octanol–water partition coefficient (Wildman–Crippen LogP) is 2.80. The van der Waals surface area contributed by atoms with E-state index in [-0.39, 0.29) is 11.5 Å². The Kier molecular flexibility index (Phi) is 10.2. The lowest BCUT2D eigenvalue weighted by Crippen LogP contribution is -2.37. The number of hydrogen-bond donors (Lipinski definition) is 4. The monoisotopic (exact) mass is 685 g/mol. The molecule has 0 spiro atoms. The van der Waals surface area contributed by atoms with Gasteiger partial charge in [0.1, 0.15) is 28.4 Å². The number of carbonyl (C=O) groups is 2. The number of primary amides is 2. The van der Waals surface area contributed by atoms with E-state index in [1.54, 1.807) is 28.8 Å². The van der Waals surface area contributed by atoms with Crippen LogP contribution in [0.4, 0.5) is 17.7 Å². The van der Waals surface area contributed by atoms with Crippen molar-refractivity contribution in [2.75, 3.05) is 57.6 Å². The lowest BCUT2D eigenvalue weighted by molar-refractivity contribution is 0.0358. The Morgan fingerprint density at radius 2 is 1.58 bits per heavy atom. The van der Waals surface area contributed by atoms with E-state index >= 15 is 0 Å². The average molecular weight is 686 g/mol. The summed E-state index contributed by atoms with van der Waals surface area (Å²) in [4.78, 5) is 35.9. The second kappa shape index (κ2) is 14.9. The summed E-state index contributed by atoms with van der Waals surface area (Å²) in [6.45, 7) is 9.91. The van der Waals surface area contributed by atoms with E-state index in [0.29, 0.717) is 71.3 Å². The van der Waals surface area contributed by atoms with Gasteiger partial charge in [-0.15, -0.1) is 0 Å². The number of carbonyl (C=O) groups excluding carboxylic acids is 2. The van der Waals surface area contributed by atoms with Gasteiger partial charge in [0.15, 0.2) is 0 Å². The minimum Gasteiger partial charge on any atom is -0.494 e. The zero-order valence-electron chi connectivity index (χ0n) is 28.5. The van der Waals surface area contributed by atoms with Crippen molar-refractivity contribution in [2.45, 2.75) is 39.9 Å².